The molecule has 1 aliphatic rings. The van der Waals surface area contributed by atoms with Crippen LogP contribution in [0.5, 0.6) is 11.5 Å². The van der Waals surface area contributed by atoms with Crippen molar-refractivity contribution >= 4 is 11.9 Å². The Kier molecular flexibility index (Phi) is 5.69. The van der Waals surface area contributed by atoms with Crippen molar-refractivity contribution < 1.29 is 42.4 Å². The molecule has 1 aliphatic heterocycles. The van der Waals surface area contributed by atoms with Gasteiger partial charge in [-0.05, 0) is 17.7 Å². The standard InChI is InChI=1S/C18H15F3N2O7/c19-18(20,21)30-10-3-1-9(2-4-10)6-23-12-8-29-7-11(12)15(26)14(17(23)28)16(27)22-5-13(24)25/h1-4,26H,5-8H2,(H,22,27)(H,24,25). The Balaban J connectivity index is 1.96. The van der Waals surface area contributed by atoms with Crippen LogP contribution in [0.15, 0.2) is 29.1 Å². The van der Waals surface area contributed by atoms with Gasteiger partial charge < -0.3 is 29.6 Å². The normalized spacial score (nSPS) is 13.0. The van der Waals surface area contributed by atoms with Crippen molar-refractivity contribution in [1.29, 1.82) is 0 Å². The Morgan fingerprint density at radius 3 is 2.47 bits per heavy atom. The number of alkyl halides is 3. The van der Waals surface area contributed by atoms with Crippen molar-refractivity contribution in [1.82, 2.24) is 9.88 Å². The van der Waals surface area contributed by atoms with Gasteiger partial charge in [-0.25, -0.2) is 0 Å². The molecule has 12 heteroatoms. The quantitative estimate of drug-likeness (QED) is 0.634. The first-order chi connectivity index (χ1) is 14.1. The second-order valence-corrected chi connectivity index (χ2v) is 6.30. The van der Waals surface area contributed by atoms with Crippen LogP contribution in [-0.2, 0) is 29.3 Å². The maximum Gasteiger partial charge on any atom is 0.573 e. The lowest BCUT2D eigenvalue weighted by Crippen LogP contribution is -2.37. The molecule has 0 spiro atoms. The number of aromatic hydroxyl groups is 1. The van der Waals surface area contributed by atoms with Crippen LogP contribution in [0.25, 0.3) is 0 Å². The van der Waals surface area contributed by atoms with Gasteiger partial charge in [-0.2, -0.15) is 0 Å². The number of carbonyl (C=O) groups is 2. The summed E-state index contributed by atoms with van der Waals surface area (Å²) in [6.07, 6.45) is -4.84. The highest BCUT2D eigenvalue weighted by molar-refractivity contribution is 5.98. The van der Waals surface area contributed by atoms with Crippen molar-refractivity contribution in [2.45, 2.75) is 26.1 Å². The topological polar surface area (TPSA) is 127 Å². The van der Waals surface area contributed by atoms with E-state index < -0.39 is 47.4 Å². The number of nitrogens with zero attached hydrogens (tertiary/aromatic N) is 1. The van der Waals surface area contributed by atoms with Crippen LogP contribution in [-0.4, -0.2) is 39.6 Å². The predicted molar refractivity (Wildman–Crippen MR) is 93.1 cm³/mol. The van der Waals surface area contributed by atoms with Crippen molar-refractivity contribution in [3.63, 3.8) is 0 Å². The number of aliphatic carboxylic acids is 1. The largest absolute Gasteiger partial charge is 0.573 e. The van der Waals surface area contributed by atoms with Crippen LogP contribution in [0.1, 0.15) is 27.2 Å². The van der Waals surface area contributed by atoms with E-state index in [2.05, 4.69) is 4.74 Å². The minimum Gasteiger partial charge on any atom is -0.506 e. The highest BCUT2D eigenvalue weighted by Gasteiger charge is 2.31. The molecule has 1 aromatic carbocycles. The summed E-state index contributed by atoms with van der Waals surface area (Å²) in [6.45, 7) is -0.980. The summed E-state index contributed by atoms with van der Waals surface area (Å²) in [6, 6.07) is 4.77. The van der Waals surface area contributed by atoms with Crippen molar-refractivity contribution in [3.05, 3.63) is 57.0 Å². The van der Waals surface area contributed by atoms with Gasteiger partial charge in [0.25, 0.3) is 11.5 Å². The third-order valence-electron chi connectivity index (χ3n) is 4.27. The van der Waals surface area contributed by atoms with Gasteiger partial charge in [0.1, 0.15) is 23.6 Å². The first-order valence-corrected chi connectivity index (χ1v) is 8.46. The average Bonchev–Trinajstić information content (AvgIpc) is 3.14. The number of benzene rings is 1. The third-order valence-corrected chi connectivity index (χ3v) is 4.27. The maximum atomic E-state index is 12.9. The maximum absolute atomic E-state index is 12.9. The number of carboxylic acids is 1. The second kappa shape index (κ2) is 8.06. The predicted octanol–water partition coefficient (Wildman–Crippen LogP) is 1.35. The number of nitrogens with one attached hydrogen (secondary N) is 1. The fourth-order valence-electron chi connectivity index (χ4n) is 2.97. The molecule has 1 amide bonds. The van der Waals surface area contributed by atoms with E-state index in [-0.39, 0.29) is 25.3 Å². The van der Waals surface area contributed by atoms with Gasteiger partial charge >= 0.3 is 12.3 Å². The summed E-state index contributed by atoms with van der Waals surface area (Å²) < 4.78 is 47.0. The summed E-state index contributed by atoms with van der Waals surface area (Å²) in [5.41, 5.74) is -0.605. The van der Waals surface area contributed by atoms with Crippen LogP contribution in [0.2, 0.25) is 0 Å². The molecule has 0 bridgehead atoms. The molecule has 1 aromatic heterocycles. The molecular weight excluding hydrogens is 413 g/mol. The Morgan fingerprint density at radius 2 is 1.87 bits per heavy atom. The molecule has 3 N–H and O–H groups in total. The molecule has 0 radical (unpaired) electrons. The zero-order valence-corrected chi connectivity index (χ0v) is 15.2. The van der Waals surface area contributed by atoms with Gasteiger partial charge in [-0.3, -0.25) is 14.4 Å². The summed E-state index contributed by atoms with van der Waals surface area (Å²) in [5.74, 6) is -3.45. The second-order valence-electron chi connectivity index (χ2n) is 6.30. The van der Waals surface area contributed by atoms with Gasteiger partial charge in [0.15, 0.2) is 0 Å². The number of halogens is 3. The minimum atomic E-state index is -4.84. The number of rotatable bonds is 6. The first kappa shape index (κ1) is 21.2. The van der Waals surface area contributed by atoms with Crippen molar-refractivity contribution in [3.8, 4) is 11.5 Å². The van der Waals surface area contributed by atoms with Crippen molar-refractivity contribution in [2.75, 3.05) is 6.54 Å². The Morgan fingerprint density at radius 1 is 1.20 bits per heavy atom. The van der Waals surface area contributed by atoms with Gasteiger partial charge in [-0.15, -0.1) is 13.2 Å². The molecule has 0 aliphatic carbocycles. The SMILES string of the molecule is O=C(O)CNC(=O)c1c(O)c2c(n(Cc3ccc(OC(F)(F)F)cc3)c1=O)COC2. The summed E-state index contributed by atoms with van der Waals surface area (Å²) >= 11 is 0. The Bertz CT molecular complexity index is 1050. The molecule has 2 aromatic rings. The molecular formula is C18H15F3N2O7. The summed E-state index contributed by atoms with van der Waals surface area (Å²) in [4.78, 5) is 35.8. The molecule has 2 heterocycles. The van der Waals surface area contributed by atoms with Crippen LogP contribution >= 0.6 is 0 Å². The van der Waals surface area contributed by atoms with E-state index in [9.17, 15) is 32.7 Å². The zero-order valence-electron chi connectivity index (χ0n) is 15.2. The lowest BCUT2D eigenvalue weighted by molar-refractivity contribution is -0.274. The Hall–Kier alpha value is -3.54. The van der Waals surface area contributed by atoms with E-state index in [0.29, 0.717) is 11.3 Å². The number of hydrogen-bond acceptors (Lipinski definition) is 6. The molecule has 3 rings (SSSR count). The highest BCUT2D eigenvalue weighted by atomic mass is 19.4. The number of ether oxygens (including phenoxy) is 2. The molecule has 9 nitrogen and oxygen atoms in total. The lowest BCUT2D eigenvalue weighted by atomic mass is 10.1. The molecule has 160 valence electrons. The molecule has 30 heavy (non-hydrogen) atoms. The van der Waals surface area contributed by atoms with Crippen LogP contribution in [0.3, 0.4) is 0 Å². The van der Waals surface area contributed by atoms with Gasteiger partial charge in [0.2, 0.25) is 0 Å². The van der Waals surface area contributed by atoms with Crippen molar-refractivity contribution in [2.24, 2.45) is 0 Å². The highest BCUT2D eigenvalue weighted by Crippen LogP contribution is 2.30. The van der Waals surface area contributed by atoms with E-state index in [1.165, 1.54) is 12.1 Å². The van der Waals surface area contributed by atoms with E-state index in [1.807, 2.05) is 5.32 Å². The number of carboxylic acid groups (broad SMARTS) is 1. The fourth-order valence-corrected chi connectivity index (χ4v) is 2.97. The van der Waals surface area contributed by atoms with Crippen LogP contribution in [0, 0.1) is 0 Å². The van der Waals surface area contributed by atoms with Crippen LogP contribution < -0.4 is 15.6 Å². The fraction of sp³-hybridized carbons (Fsp3) is 0.278. The molecule has 0 saturated heterocycles. The van der Waals surface area contributed by atoms with E-state index in [1.54, 1.807) is 0 Å². The number of hydrogen-bond donors (Lipinski definition) is 3. The van der Waals surface area contributed by atoms with E-state index in [0.717, 1.165) is 16.7 Å². The van der Waals surface area contributed by atoms with Gasteiger partial charge in [0, 0.05) is 5.56 Å². The summed E-state index contributed by atoms with van der Waals surface area (Å²) in [7, 11) is 0. The first-order valence-electron chi connectivity index (χ1n) is 8.46. The van der Waals surface area contributed by atoms with E-state index in [4.69, 9.17) is 9.84 Å². The lowest BCUT2D eigenvalue weighted by Gasteiger charge is -2.16. The molecule has 0 saturated carbocycles. The number of carbonyl (C=O) groups excluding carboxylic acids is 1. The summed E-state index contributed by atoms with van der Waals surface area (Å²) in [5, 5.41) is 21.0. The third kappa shape index (κ3) is 4.54. The smallest absolute Gasteiger partial charge is 0.506 e. The monoisotopic (exact) mass is 428 g/mol. The number of fused-ring (bicyclic) bond motifs is 1. The average molecular weight is 428 g/mol. The minimum absolute atomic E-state index is 0.0234. The number of aromatic nitrogens is 1. The number of amides is 1. The van der Waals surface area contributed by atoms with Gasteiger partial charge in [-0.1, -0.05) is 12.1 Å². The molecule has 0 atom stereocenters. The van der Waals surface area contributed by atoms with Gasteiger partial charge in [0.05, 0.1) is 25.5 Å². The Labute approximate surface area is 166 Å². The van der Waals surface area contributed by atoms with E-state index >= 15 is 0 Å². The van der Waals surface area contributed by atoms with Crippen LogP contribution in [0.4, 0.5) is 13.2 Å². The molecule has 0 fully saturated rings. The number of pyridine rings is 1. The molecule has 0 unspecified atom stereocenters. The zero-order chi connectivity index (χ0) is 22.1.